The summed E-state index contributed by atoms with van der Waals surface area (Å²) in [6, 6.07) is 3.83. The molecule has 2 unspecified atom stereocenters. The average molecular weight is 288 g/mol. The van der Waals surface area contributed by atoms with E-state index in [0.29, 0.717) is 5.69 Å². The lowest BCUT2D eigenvalue weighted by Gasteiger charge is -2.25. The van der Waals surface area contributed by atoms with Gasteiger partial charge in [-0.05, 0) is 31.2 Å². The maximum absolute atomic E-state index is 12.4. The van der Waals surface area contributed by atoms with Gasteiger partial charge in [0.25, 0.3) is 0 Å². The number of benzene rings is 1. The number of rotatable bonds is 2. The van der Waals surface area contributed by atoms with Crippen LogP contribution in [0.5, 0.6) is 0 Å². The molecule has 0 bridgehead atoms. The van der Waals surface area contributed by atoms with Crippen LogP contribution in [0.1, 0.15) is 12.5 Å². The first kappa shape index (κ1) is 14.8. The topological polar surface area (TPSA) is 64.3 Å². The Labute approximate surface area is 114 Å². The van der Waals surface area contributed by atoms with E-state index in [4.69, 9.17) is 10.5 Å². The molecule has 2 rings (SSSR count). The van der Waals surface area contributed by atoms with E-state index in [1.54, 1.807) is 6.92 Å². The van der Waals surface area contributed by atoms with Crippen LogP contribution in [0.15, 0.2) is 24.3 Å². The van der Waals surface area contributed by atoms with E-state index in [1.807, 2.05) is 0 Å². The molecule has 1 amide bonds. The van der Waals surface area contributed by atoms with Gasteiger partial charge in [-0.3, -0.25) is 4.79 Å². The van der Waals surface area contributed by atoms with Crippen LogP contribution in [-0.4, -0.2) is 25.2 Å². The summed E-state index contributed by atoms with van der Waals surface area (Å²) in [5, 5.41) is 2.57. The number of nitrogens with two attached hydrogens (primary N) is 1. The summed E-state index contributed by atoms with van der Waals surface area (Å²) in [7, 11) is 0. The smallest absolute Gasteiger partial charge is 0.379 e. The van der Waals surface area contributed by atoms with Crippen molar-refractivity contribution in [2.24, 2.45) is 11.1 Å². The van der Waals surface area contributed by atoms with Crippen molar-refractivity contribution in [3.63, 3.8) is 0 Å². The molecule has 110 valence electrons. The molecule has 1 saturated heterocycles. The van der Waals surface area contributed by atoms with Gasteiger partial charge < -0.3 is 15.8 Å². The molecule has 0 aliphatic carbocycles. The maximum atomic E-state index is 12.4. The lowest BCUT2D eigenvalue weighted by atomic mass is 9.85. The lowest BCUT2D eigenvalue weighted by molar-refractivity contribution is -0.137. The number of halogens is 3. The SMILES string of the molecule is CC1(C(=O)Nc2ccc(C(F)(F)F)cc2)COCC1N. The summed E-state index contributed by atoms with van der Waals surface area (Å²) in [4.78, 5) is 12.1. The van der Waals surface area contributed by atoms with Crippen LogP contribution >= 0.6 is 0 Å². The van der Waals surface area contributed by atoms with Crippen molar-refractivity contribution in [1.82, 2.24) is 0 Å². The van der Waals surface area contributed by atoms with E-state index in [1.165, 1.54) is 12.1 Å². The van der Waals surface area contributed by atoms with Crippen molar-refractivity contribution in [2.45, 2.75) is 19.1 Å². The van der Waals surface area contributed by atoms with E-state index >= 15 is 0 Å². The van der Waals surface area contributed by atoms with Crippen molar-refractivity contribution in [2.75, 3.05) is 18.5 Å². The highest BCUT2D eigenvalue weighted by atomic mass is 19.4. The molecule has 1 aromatic rings. The highest BCUT2D eigenvalue weighted by Crippen LogP contribution is 2.31. The van der Waals surface area contributed by atoms with Gasteiger partial charge in [-0.2, -0.15) is 13.2 Å². The summed E-state index contributed by atoms with van der Waals surface area (Å²) >= 11 is 0. The zero-order chi connectivity index (χ0) is 15.0. The zero-order valence-electron chi connectivity index (χ0n) is 10.8. The molecule has 20 heavy (non-hydrogen) atoms. The van der Waals surface area contributed by atoms with Crippen LogP contribution in [0.2, 0.25) is 0 Å². The molecular formula is C13H15F3N2O2. The van der Waals surface area contributed by atoms with Crippen molar-refractivity contribution in [3.8, 4) is 0 Å². The van der Waals surface area contributed by atoms with Crippen molar-refractivity contribution in [1.29, 1.82) is 0 Å². The molecule has 1 fully saturated rings. The Morgan fingerprint density at radius 3 is 2.45 bits per heavy atom. The summed E-state index contributed by atoms with van der Waals surface area (Å²) in [5.74, 6) is -0.359. The fourth-order valence-corrected chi connectivity index (χ4v) is 1.94. The number of alkyl halides is 3. The Kier molecular flexibility index (Phi) is 3.75. The molecule has 1 aliphatic rings. The second-order valence-electron chi connectivity index (χ2n) is 5.07. The second-order valence-corrected chi connectivity index (χ2v) is 5.07. The normalized spacial score (nSPS) is 26.6. The van der Waals surface area contributed by atoms with Gasteiger partial charge in [0.15, 0.2) is 0 Å². The standard InChI is InChI=1S/C13H15F3N2O2/c1-12(7-20-6-10(12)17)11(19)18-9-4-2-8(3-5-9)13(14,15)16/h2-5,10H,6-7,17H2,1H3,(H,18,19). The molecule has 0 saturated carbocycles. The van der Waals surface area contributed by atoms with E-state index < -0.39 is 23.2 Å². The van der Waals surface area contributed by atoms with Crippen molar-refractivity contribution >= 4 is 11.6 Å². The average Bonchev–Trinajstić information content (AvgIpc) is 2.70. The quantitative estimate of drug-likeness (QED) is 0.875. The Bertz CT molecular complexity index is 501. The fraction of sp³-hybridized carbons (Fsp3) is 0.462. The fourth-order valence-electron chi connectivity index (χ4n) is 1.94. The van der Waals surface area contributed by atoms with E-state index in [2.05, 4.69) is 5.32 Å². The van der Waals surface area contributed by atoms with Crippen LogP contribution in [0, 0.1) is 5.41 Å². The van der Waals surface area contributed by atoms with Gasteiger partial charge in [0.2, 0.25) is 5.91 Å². The van der Waals surface area contributed by atoms with Crippen LogP contribution in [0.4, 0.5) is 18.9 Å². The summed E-state index contributed by atoms with van der Waals surface area (Å²) in [6.45, 7) is 2.15. The number of anilines is 1. The number of nitrogens with one attached hydrogen (secondary N) is 1. The molecule has 0 radical (unpaired) electrons. The number of carbonyl (C=O) groups excluding carboxylic acids is 1. The third-order valence-electron chi connectivity index (χ3n) is 3.51. The van der Waals surface area contributed by atoms with Crippen LogP contribution in [-0.2, 0) is 15.7 Å². The summed E-state index contributed by atoms with van der Waals surface area (Å²) < 4.78 is 42.4. The molecule has 1 aliphatic heterocycles. The lowest BCUT2D eigenvalue weighted by Crippen LogP contribution is -2.47. The first-order valence-corrected chi connectivity index (χ1v) is 6.05. The highest BCUT2D eigenvalue weighted by Gasteiger charge is 2.44. The first-order chi connectivity index (χ1) is 9.23. The predicted molar refractivity (Wildman–Crippen MR) is 67.0 cm³/mol. The predicted octanol–water partition coefficient (Wildman–Crippen LogP) is 2.01. The molecule has 4 nitrogen and oxygen atoms in total. The van der Waals surface area contributed by atoms with Gasteiger partial charge >= 0.3 is 6.18 Å². The largest absolute Gasteiger partial charge is 0.416 e. The van der Waals surface area contributed by atoms with Gasteiger partial charge in [-0.25, -0.2) is 0 Å². The van der Waals surface area contributed by atoms with Crippen molar-refractivity contribution in [3.05, 3.63) is 29.8 Å². The number of carbonyl (C=O) groups is 1. The van der Waals surface area contributed by atoms with Gasteiger partial charge in [0.1, 0.15) is 0 Å². The third-order valence-corrected chi connectivity index (χ3v) is 3.51. The molecule has 7 heteroatoms. The molecule has 0 spiro atoms. The number of hydrogen-bond acceptors (Lipinski definition) is 3. The number of amides is 1. The van der Waals surface area contributed by atoms with Crippen LogP contribution in [0.3, 0.4) is 0 Å². The van der Waals surface area contributed by atoms with Crippen LogP contribution < -0.4 is 11.1 Å². The first-order valence-electron chi connectivity index (χ1n) is 6.05. The van der Waals surface area contributed by atoms with E-state index in [-0.39, 0.29) is 19.1 Å². The third kappa shape index (κ3) is 2.78. The van der Waals surface area contributed by atoms with Gasteiger partial charge in [-0.1, -0.05) is 0 Å². The summed E-state index contributed by atoms with van der Waals surface area (Å²) in [5.41, 5.74) is 4.48. The Hall–Kier alpha value is -1.60. The van der Waals surface area contributed by atoms with Crippen LogP contribution in [0.25, 0.3) is 0 Å². The molecule has 1 heterocycles. The minimum absolute atomic E-state index is 0.195. The zero-order valence-corrected chi connectivity index (χ0v) is 10.8. The molecule has 3 N–H and O–H groups in total. The number of hydrogen-bond donors (Lipinski definition) is 2. The Balaban J connectivity index is 2.09. The molecular weight excluding hydrogens is 273 g/mol. The summed E-state index contributed by atoms with van der Waals surface area (Å²) in [6.07, 6.45) is -4.39. The molecule has 1 aromatic carbocycles. The molecule has 2 atom stereocenters. The molecule has 0 aromatic heterocycles. The second kappa shape index (κ2) is 5.06. The highest BCUT2D eigenvalue weighted by molar-refractivity contribution is 5.96. The monoisotopic (exact) mass is 288 g/mol. The van der Waals surface area contributed by atoms with Crippen molar-refractivity contribution < 1.29 is 22.7 Å². The maximum Gasteiger partial charge on any atom is 0.416 e. The van der Waals surface area contributed by atoms with Gasteiger partial charge in [-0.15, -0.1) is 0 Å². The van der Waals surface area contributed by atoms with Gasteiger partial charge in [0, 0.05) is 11.7 Å². The Morgan fingerprint density at radius 2 is 2.00 bits per heavy atom. The van der Waals surface area contributed by atoms with E-state index in [9.17, 15) is 18.0 Å². The van der Waals surface area contributed by atoms with Gasteiger partial charge in [0.05, 0.1) is 24.2 Å². The van der Waals surface area contributed by atoms with E-state index in [0.717, 1.165) is 12.1 Å². The Morgan fingerprint density at radius 1 is 1.40 bits per heavy atom. The minimum atomic E-state index is -4.39. The number of ether oxygens (including phenoxy) is 1. The minimum Gasteiger partial charge on any atom is -0.379 e.